The zero-order chi connectivity index (χ0) is 26.8. The molecule has 10 heteroatoms. The number of nitrogens with one attached hydrogen (secondary N) is 3. The van der Waals surface area contributed by atoms with Crippen molar-refractivity contribution < 1.29 is 9.18 Å². The van der Waals surface area contributed by atoms with Gasteiger partial charge in [0.2, 0.25) is 5.91 Å². The number of rotatable bonds is 6. The van der Waals surface area contributed by atoms with E-state index in [0.717, 1.165) is 23.3 Å². The number of amides is 1. The van der Waals surface area contributed by atoms with Crippen LogP contribution >= 0.6 is 11.6 Å². The Bertz CT molecular complexity index is 1640. The quantitative estimate of drug-likeness (QED) is 0.291. The molecule has 1 amide bonds. The smallest absolute Gasteiger partial charge is 0.239 e. The molecule has 0 bridgehead atoms. The maximum absolute atomic E-state index is 14.6. The minimum absolute atomic E-state index is 0.0431. The van der Waals surface area contributed by atoms with E-state index in [1.807, 2.05) is 48.5 Å². The van der Waals surface area contributed by atoms with Crippen LogP contribution in [0.3, 0.4) is 0 Å². The average Bonchev–Trinajstić information content (AvgIpc) is 3.47. The van der Waals surface area contributed by atoms with Crippen LogP contribution in [0, 0.1) is 5.82 Å². The zero-order valence-corrected chi connectivity index (χ0v) is 21.6. The molecule has 1 aliphatic rings. The van der Waals surface area contributed by atoms with Gasteiger partial charge in [0.1, 0.15) is 11.9 Å². The normalized spacial score (nSPS) is 15.4. The number of hydrogen-bond donors (Lipinski definition) is 3. The molecule has 1 fully saturated rings. The van der Waals surface area contributed by atoms with Crippen molar-refractivity contribution in [3.63, 3.8) is 0 Å². The zero-order valence-electron chi connectivity index (χ0n) is 20.9. The molecular formula is C29H25ClFN7O. The lowest BCUT2D eigenvalue weighted by Crippen LogP contribution is -2.57. The number of hydrogen-bond acceptors (Lipinski definition) is 6. The van der Waals surface area contributed by atoms with Gasteiger partial charge < -0.3 is 15.5 Å². The Hall–Kier alpha value is -4.34. The lowest BCUT2D eigenvalue weighted by molar-refractivity contribution is -0.123. The predicted octanol–water partition coefficient (Wildman–Crippen LogP) is 4.57. The van der Waals surface area contributed by atoms with Gasteiger partial charge in [-0.1, -0.05) is 41.9 Å². The number of halogens is 2. The molecule has 0 radical (unpaired) electrons. The van der Waals surface area contributed by atoms with E-state index in [0.29, 0.717) is 52.7 Å². The molecule has 3 N–H and O–H groups in total. The topological polar surface area (TPSA) is 98.8 Å². The molecule has 1 atom stereocenters. The molecular weight excluding hydrogens is 517 g/mol. The number of fused-ring (bicyclic) bond motifs is 1. The largest absolute Gasteiger partial charge is 0.367 e. The Balaban J connectivity index is 1.23. The maximum atomic E-state index is 14.6. The highest BCUT2D eigenvalue weighted by molar-refractivity contribution is 6.30. The summed E-state index contributed by atoms with van der Waals surface area (Å²) in [4.78, 5) is 24.4. The third-order valence-electron chi connectivity index (χ3n) is 6.80. The highest BCUT2D eigenvalue weighted by atomic mass is 35.5. The predicted molar refractivity (Wildman–Crippen MR) is 150 cm³/mol. The van der Waals surface area contributed by atoms with Crippen molar-refractivity contribution in [1.29, 1.82) is 0 Å². The van der Waals surface area contributed by atoms with Gasteiger partial charge in [0.05, 0.1) is 40.5 Å². The molecule has 0 spiro atoms. The summed E-state index contributed by atoms with van der Waals surface area (Å²) in [5.41, 5.74) is 5.45. The third kappa shape index (κ3) is 5.32. The van der Waals surface area contributed by atoms with E-state index in [4.69, 9.17) is 16.6 Å². The standard InChI is InChI=1S/C29H25ClFN7O/c30-19-6-7-23(31)21(12-19)28-22(16-35-37-28)24-8-9-25-26(36-24)13-20(15-33-25)38-11-10-32-27(17-38)29(39)34-14-18-4-2-1-3-5-18/h1-9,12-13,15-16,27,32H,10-11,14,17H2,(H,34,39)(H,35,37)/t27-/m1/s1. The van der Waals surface area contributed by atoms with Crippen molar-refractivity contribution >= 4 is 34.2 Å². The highest BCUT2D eigenvalue weighted by Gasteiger charge is 2.26. The number of benzene rings is 2. The number of carbonyl (C=O) groups is 1. The Morgan fingerprint density at radius 1 is 1.05 bits per heavy atom. The van der Waals surface area contributed by atoms with Crippen molar-refractivity contribution in [2.24, 2.45) is 0 Å². The number of H-pyrrole nitrogens is 1. The molecule has 1 aliphatic heterocycles. The minimum Gasteiger partial charge on any atom is -0.367 e. The van der Waals surface area contributed by atoms with Crippen LogP contribution in [0.2, 0.25) is 5.02 Å². The molecule has 1 saturated heterocycles. The van der Waals surface area contributed by atoms with E-state index >= 15 is 0 Å². The molecule has 196 valence electrons. The van der Waals surface area contributed by atoms with Gasteiger partial charge in [-0.2, -0.15) is 5.10 Å². The van der Waals surface area contributed by atoms with Crippen molar-refractivity contribution in [3.05, 3.63) is 95.5 Å². The fourth-order valence-corrected chi connectivity index (χ4v) is 4.93. The van der Waals surface area contributed by atoms with Crippen LogP contribution in [0.25, 0.3) is 33.5 Å². The van der Waals surface area contributed by atoms with Gasteiger partial charge in [-0.25, -0.2) is 9.37 Å². The van der Waals surface area contributed by atoms with E-state index in [9.17, 15) is 9.18 Å². The van der Waals surface area contributed by atoms with E-state index in [1.165, 1.54) is 12.1 Å². The summed E-state index contributed by atoms with van der Waals surface area (Å²) in [5, 5.41) is 13.8. The summed E-state index contributed by atoms with van der Waals surface area (Å²) in [6.07, 6.45) is 3.43. The summed E-state index contributed by atoms with van der Waals surface area (Å²) in [6.45, 7) is 2.39. The maximum Gasteiger partial charge on any atom is 0.239 e. The van der Waals surface area contributed by atoms with E-state index in [1.54, 1.807) is 18.5 Å². The molecule has 5 aromatic rings. The van der Waals surface area contributed by atoms with Gasteiger partial charge in [-0.3, -0.25) is 14.9 Å². The second-order valence-corrected chi connectivity index (χ2v) is 9.80. The number of piperazine rings is 1. The SMILES string of the molecule is O=C(NCc1ccccc1)[C@H]1CN(c2cnc3ccc(-c4cn[nH]c4-c4cc(Cl)ccc4F)nc3c2)CCN1. The molecule has 2 aromatic carbocycles. The number of pyridine rings is 2. The van der Waals surface area contributed by atoms with Gasteiger partial charge in [0.25, 0.3) is 0 Å². The van der Waals surface area contributed by atoms with E-state index in [-0.39, 0.29) is 11.9 Å². The first-order valence-corrected chi connectivity index (χ1v) is 13.0. The van der Waals surface area contributed by atoms with Crippen LogP contribution in [-0.2, 0) is 11.3 Å². The number of nitrogens with zero attached hydrogens (tertiary/aromatic N) is 4. The first-order valence-electron chi connectivity index (χ1n) is 12.6. The van der Waals surface area contributed by atoms with Crippen LogP contribution in [0.5, 0.6) is 0 Å². The summed E-state index contributed by atoms with van der Waals surface area (Å²) in [7, 11) is 0. The van der Waals surface area contributed by atoms with Crippen LogP contribution < -0.4 is 15.5 Å². The summed E-state index contributed by atoms with van der Waals surface area (Å²) >= 11 is 6.12. The molecule has 0 aliphatic carbocycles. The average molecular weight is 542 g/mol. The minimum atomic E-state index is -0.407. The van der Waals surface area contributed by atoms with Gasteiger partial charge in [-0.05, 0) is 42.0 Å². The molecule has 4 heterocycles. The second kappa shape index (κ2) is 10.8. The fourth-order valence-electron chi connectivity index (χ4n) is 4.76. The molecule has 39 heavy (non-hydrogen) atoms. The molecule has 0 saturated carbocycles. The van der Waals surface area contributed by atoms with Crippen LogP contribution in [0.1, 0.15) is 5.56 Å². The van der Waals surface area contributed by atoms with Crippen molar-refractivity contribution in [2.75, 3.05) is 24.5 Å². The van der Waals surface area contributed by atoms with Gasteiger partial charge in [0.15, 0.2) is 0 Å². The lowest BCUT2D eigenvalue weighted by Gasteiger charge is -2.34. The highest BCUT2D eigenvalue weighted by Crippen LogP contribution is 2.33. The van der Waals surface area contributed by atoms with Gasteiger partial charge >= 0.3 is 0 Å². The first-order chi connectivity index (χ1) is 19.0. The fraction of sp³-hybridized carbons (Fsp3) is 0.172. The lowest BCUT2D eigenvalue weighted by atomic mass is 10.0. The Morgan fingerprint density at radius 3 is 2.79 bits per heavy atom. The first kappa shape index (κ1) is 25.0. The third-order valence-corrected chi connectivity index (χ3v) is 7.04. The molecule has 6 rings (SSSR count). The monoisotopic (exact) mass is 541 g/mol. The number of carbonyl (C=O) groups excluding carboxylic acids is 1. The van der Waals surface area contributed by atoms with Crippen LogP contribution in [-0.4, -0.2) is 51.7 Å². The van der Waals surface area contributed by atoms with Crippen LogP contribution in [0.4, 0.5) is 10.1 Å². The Labute approximate surface area is 229 Å². The van der Waals surface area contributed by atoms with Crippen molar-refractivity contribution in [1.82, 2.24) is 30.8 Å². The molecule has 3 aromatic heterocycles. The summed E-state index contributed by atoms with van der Waals surface area (Å²) < 4.78 is 14.6. The van der Waals surface area contributed by atoms with Crippen molar-refractivity contribution in [3.8, 4) is 22.5 Å². The second-order valence-electron chi connectivity index (χ2n) is 9.37. The van der Waals surface area contributed by atoms with Gasteiger partial charge in [0, 0.05) is 42.3 Å². The van der Waals surface area contributed by atoms with E-state index in [2.05, 4.69) is 30.7 Å². The summed E-state index contributed by atoms with van der Waals surface area (Å²) in [5.74, 6) is -0.450. The van der Waals surface area contributed by atoms with E-state index < -0.39 is 5.82 Å². The Kier molecular flexibility index (Phi) is 6.91. The summed E-state index contributed by atoms with van der Waals surface area (Å²) in [6, 6.07) is 19.6. The Morgan fingerprint density at radius 2 is 1.92 bits per heavy atom. The van der Waals surface area contributed by atoms with Crippen LogP contribution in [0.15, 0.2) is 79.1 Å². The number of aromatic amines is 1. The van der Waals surface area contributed by atoms with Gasteiger partial charge in [-0.15, -0.1) is 0 Å². The number of anilines is 1. The molecule has 0 unspecified atom stereocenters. The number of aromatic nitrogens is 4. The molecule has 8 nitrogen and oxygen atoms in total. The van der Waals surface area contributed by atoms with Crippen molar-refractivity contribution in [2.45, 2.75) is 12.6 Å².